The lowest BCUT2D eigenvalue weighted by atomic mass is 9.95. The normalized spacial score (nSPS) is 14.5. The van der Waals surface area contributed by atoms with E-state index in [4.69, 9.17) is 10.8 Å². The second-order valence-electron chi connectivity index (χ2n) is 4.03. The van der Waals surface area contributed by atoms with Gasteiger partial charge in [0, 0.05) is 11.6 Å². The lowest BCUT2D eigenvalue weighted by Gasteiger charge is -2.21. The molecule has 1 rings (SSSR count). The van der Waals surface area contributed by atoms with Crippen molar-refractivity contribution in [1.29, 1.82) is 0 Å². The van der Waals surface area contributed by atoms with Gasteiger partial charge in [-0.1, -0.05) is 6.07 Å². The number of nitro benzene ring substituents is 1. The van der Waals surface area contributed by atoms with Crippen LogP contribution in [0.2, 0.25) is 0 Å². The number of aliphatic hydroxyl groups is 1. The van der Waals surface area contributed by atoms with E-state index in [1.165, 1.54) is 6.07 Å². The summed E-state index contributed by atoms with van der Waals surface area (Å²) in [5.41, 5.74) is 4.77. The molecule has 3 N–H and O–H groups in total. The molecule has 1 aromatic rings. The first kappa shape index (κ1) is 12.5. The van der Waals surface area contributed by atoms with Gasteiger partial charge in [0.05, 0.1) is 11.5 Å². The molecule has 5 nitrogen and oxygen atoms in total. The van der Waals surface area contributed by atoms with Crippen LogP contribution in [-0.2, 0) is 6.42 Å². The summed E-state index contributed by atoms with van der Waals surface area (Å²) in [5, 5.41) is 19.4. The Balaban J connectivity index is 3.00. The zero-order valence-electron chi connectivity index (χ0n) is 8.81. The summed E-state index contributed by atoms with van der Waals surface area (Å²) in [7, 11) is 0. The van der Waals surface area contributed by atoms with Crippen LogP contribution in [0.5, 0.6) is 0 Å². The number of hydrogen-bond acceptors (Lipinski definition) is 4. The van der Waals surface area contributed by atoms with Gasteiger partial charge >= 0.3 is 5.69 Å². The van der Waals surface area contributed by atoms with Crippen LogP contribution in [0.4, 0.5) is 10.1 Å². The number of hydrogen-bond donors (Lipinski definition) is 2. The molecule has 0 aromatic heterocycles. The topological polar surface area (TPSA) is 89.4 Å². The fraction of sp³-hybridized carbons (Fsp3) is 0.400. The molecule has 0 aliphatic rings. The highest BCUT2D eigenvalue weighted by Gasteiger charge is 2.20. The third-order valence-corrected chi connectivity index (χ3v) is 2.18. The second kappa shape index (κ2) is 4.54. The van der Waals surface area contributed by atoms with Crippen LogP contribution < -0.4 is 5.73 Å². The van der Waals surface area contributed by atoms with E-state index in [2.05, 4.69) is 0 Å². The van der Waals surface area contributed by atoms with Crippen molar-refractivity contribution in [3.05, 3.63) is 39.7 Å². The molecule has 1 unspecified atom stereocenters. The fourth-order valence-electron chi connectivity index (χ4n) is 1.33. The van der Waals surface area contributed by atoms with Crippen molar-refractivity contribution in [3.63, 3.8) is 0 Å². The van der Waals surface area contributed by atoms with Gasteiger partial charge in [-0.25, -0.2) is 0 Å². The van der Waals surface area contributed by atoms with Gasteiger partial charge in [0.25, 0.3) is 0 Å². The Kier molecular flexibility index (Phi) is 3.56. The lowest BCUT2D eigenvalue weighted by Crippen LogP contribution is -2.42. The van der Waals surface area contributed by atoms with Crippen molar-refractivity contribution in [3.8, 4) is 0 Å². The van der Waals surface area contributed by atoms with Gasteiger partial charge in [-0.2, -0.15) is 4.39 Å². The Bertz CT molecular complexity index is 407. The van der Waals surface area contributed by atoms with Crippen LogP contribution in [0.15, 0.2) is 18.2 Å². The van der Waals surface area contributed by atoms with E-state index in [9.17, 15) is 14.5 Å². The minimum Gasteiger partial charge on any atom is -0.394 e. The molecule has 0 bridgehead atoms. The Morgan fingerprint density at radius 2 is 2.25 bits per heavy atom. The number of aliphatic hydroxyl groups excluding tert-OH is 1. The maximum atomic E-state index is 13.0. The van der Waals surface area contributed by atoms with E-state index in [1.807, 2.05) is 0 Å². The minimum absolute atomic E-state index is 0.241. The maximum Gasteiger partial charge on any atom is 0.305 e. The molecule has 1 atom stereocenters. The Labute approximate surface area is 91.8 Å². The van der Waals surface area contributed by atoms with E-state index in [1.54, 1.807) is 6.92 Å². The SMILES string of the molecule is CC(N)(CO)Cc1ccc(F)c([N+](=O)[O-])c1. The van der Waals surface area contributed by atoms with E-state index in [0.29, 0.717) is 5.56 Å². The largest absolute Gasteiger partial charge is 0.394 e. The molecule has 6 heteroatoms. The third kappa shape index (κ3) is 2.98. The molecule has 0 aliphatic carbocycles. The molecule has 0 spiro atoms. The van der Waals surface area contributed by atoms with E-state index >= 15 is 0 Å². The predicted molar refractivity (Wildman–Crippen MR) is 56.4 cm³/mol. The fourth-order valence-corrected chi connectivity index (χ4v) is 1.33. The first-order chi connectivity index (χ1) is 7.35. The zero-order chi connectivity index (χ0) is 12.3. The monoisotopic (exact) mass is 228 g/mol. The van der Waals surface area contributed by atoms with Crippen LogP contribution in [-0.4, -0.2) is 22.2 Å². The molecular weight excluding hydrogens is 215 g/mol. The average Bonchev–Trinajstić information content (AvgIpc) is 2.20. The van der Waals surface area contributed by atoms with Gasteiger partial charge in [0.2, 0.25) is 5.82 Å². The lowest BCUT2D eigenvalue weighted by molar-refractivity contribution is -0.387. The first-order valence-corrected chi connectivity index (χ1v) is 4.68. The summed E-state index contributed by atoms with van der Waals surface area (Å²) in [5.74, 6) is -0.878. The molecule has 0 aliphatic heterocycles. The third-order valence-electron chi connectivity index (χ3n) is 2.18. The molecule has 0 amide bonds. The molecule has 0 fully saturated rings. The van der Waals surface area contributed by atoms with Crippen LogP contribution in [0, 0.1) is 15.9 Å². The van der Waals surface area contributed by atoms with Crippen molar-refractivity contribution < 1.29 is 14.4 Å². The summed E-state index contributed by atoms with van der Waals surface area (Å²) < 4.78 is 13.0. The Morgan fingerprint density at radius 3 is 2.75 bits per heavy atom. The maximum absolute atomic E-state index is 13.0. The van der Waals surface area contributed by atoms with Gasteiger partial charge in [0.15, 0.2) is 0 Å². The molecule has 16 heavy (non-hydrogen) atoms. The number of nitro groups is 1. The Morgan fingerprint density at radius 1 is 1.62 bits per heavy atom. The molecular formula is C10H13FN2O3. The highest BCUT2D eigenvalue weighted by Crippen LogP contribution is 2.20. The van der Waals surface area contributed by atoms with Gasteiger partial charge in [-0.15, -0.1) is 0 Å². The first-order valence-electron chi connectivity index (χ1n) is 4.68. The summed E-state index contributed by atoms with van der Waals surface area (Å²) >= 11 is 0. The van der Waals surface area contributed by atoms with Crippen molar-refractivity contribution in [2.24, 2.45) is 5.73 Å². The van der Waals surface area contributed by atoms with Crippen LogP contribution in [0.25, 0.3) is 0 Å². The summed E-state index contributed by atoms with van der Waals surface area (Å²) in [6.07, 6.45) is 0.241. The average molecular weight is 228 g/mol. The molecule has 0 saturated heterocycles. The molecule has 0 heterocycles. The smallest absolute Gasteiger partial charge is 0.305 e. The van der Waals surface area contributed by atoms with E-state index in [0.717, 1.165) is 12.1 Å². The van der Waals surface area contributed by atoms with Crippen LogP contribution in [0.3, 0.4) is 0 Å². The summed E-state index contributed by atoms with van der Waals surface area (Å²) in [4.78, 5) is 9.71. The van der Waals surface area contributed by atoms with Crippen LogP contribution in [0.1, 0.15) is 12.5 Å². The summed E-state index contributed by atoms with van der Waals surface area (Å²) in [6.45, 7) is 1.36. The van der Waals surface area contributed by atoms with Gasteiger partial charge < -0.3 is 10.8 Å². The minimum atomic E-state index is -0.878. The van der Waals surface area contributed by atoms with Gasteiger partial charge in [-0.05, 0) is 25.0 Å². The Hall–Kier alpha value is -1.53. The quantitative estimate of drug-likeness (QED) is 0.594. The zero-order valence-corrected chi connectivity index (χ0v) is 8.81. The summed E-state index contributed by atoms with van der Waals surface area (Å²) in [6, 6.07) is 3.58. The van der Waals surface area contributed by atoms with Gasteiger partial charge in [-0.3, -0.25) is 10.1 Å². The van der Waals surface area contributed by atoms with Crippen LogP contribution >= 0.6 is 0 Å². The highest BCUT2D eigenvalue weighted by molar-refractivity contribution is 5.36. The molecule has 1 aromatic carbocycles. The number of halogens is 1. The van der Waals surface area contributed by atoms with Crippen molar-refractivity contribution in [2.75, 3.05) is 6.61 Å². The number of benzene rings is 1. The number of rotatable bonds is 4. The molecule has 0 radical (unpaired) electrons. The van der Waals surface area contributed by atoms with Crippen molar-refractivity contribution in [2.45, 2.75) is 18.9 Å². The molecule has 0 saturated carbocycles. The standard InChI is InChI=1S/C10H13FN2O3/c1-10(12,6-14)5-7-2-3-8(11)9(4-7)13(15)16/h2-4,14H,5-6,12H2,1H3. The van der Waals surface area contributed by atoms with E-state index < -0.39 is 22.0 Å². The predicted octanol–water partition coefficient (Wildman–Crippen LogP) is 0.986. The van der Waals surface area contributed by atoms with Crippen molar-refractivity contribution >= 4 is 5.69 Å². The van der Waals surface area contributed by atoms with Crippen molar-refractivity contribution in [1.82, 2.24) is 0 Å². The number of nitrogens with two attached hydrogens (primary N) is 1. The second-order valence-corrected chi connectivity index (χ2v) is 4.03. The highest BCUT2D eigenvalue weighted by atomic mass is 19.1. The van der Waals surface area contributed by atoms with Gasteiger partial charge in [0.1, 0.15) is 0 Å². The van der Waals surface area contributed by atoms with E-state index in [-0.39, 0.29) is 13.0 Å². The number of nitrogens with zero attached hydrogens (tertiary/aromatic N) is 1. The molecule has 88 valence electrons.